The van der Waals surface area contributed by atoms with Gasteiger partial charge in [-0.3, -0.25) is 4.98 Å². The molecular weight excluding hydrogens is 214 g/mol. The Morgan fingerprint density at radius 1 is 1.29 bits per heavy atom. The Hall–Kier alpha value is -2.30. The van der Waals surface area contributed by atoms with Gasteiger partial charge in [-0.05, 0) is 12.1 Å². The van der Waals surface area contributed by atoms with Gasteiger partial charge in [0.1, 0.15) is 0 Å². The molecule has 5 nitrogen and oxygen atoms in total. The van der Waals surface area contributed by atoms with Crippen molar-refractivity contribution in [1.29, 1.82) is 0 Å². The molecule has 0 fully saturated rings. The fourth-order valence-electron chi connectivity index (χ4n) is 1.30. The molecule has 0 saturated heterocycles. The lowest BCUT2D eigenvalue weighted by atomic mass is 10.2. The van der Waals surface area contributed by atoms with E-state index >= 15 is 0 Å². The molecule has 0 saturated carbocycles. The van der Waals surface area contributed by atoms with E-state index in [1.807, 2.05) is 13.0 Å². The minimum Gasteiger partial charge on any atom is -0.387 e. The van der Waals surface area contributed by atoms with Crippen LogP contribution in [0.1, 0.15) is 13.3 Å². The lowest BCUT2D eigenvalue weighted by Crippen LogP contribution is -2.08. The van der Waals surface area contributed by atoms with Crippen LogP contribution in [0.25, 0.3) is 11.4 Å². The number of aromatic nitrogens is 3. The zero-order valence-corrected chi connectivity index (χ0v) is 9.54. The molecule has 86 valence electrons. The summed E-state index contributed by atoms with van der Waals surface area (Å²) in [4.78, 5) is 16.7. The van der Waals surface area contributed by atoms with Crippen molar-refractivity contribution in [2.75, 3.05) is 0 Å². The maximum Gasteiger partial charge on any atom is 0.160 e. The molecule has 0 radical (unpaired) electrons. The van der Waals surface area contributed by atoms with Gasteiger partial charge < -0.3 is 5.73 Å². The molecule has 0 amide bonds. The van der Waals surface area contributed by atoms with E-state index < -0.39 is 0 Å². The van der Waals surface area contributed by atoms with E-state index in [1.165, 1.54) is 0 Å². The van der Waals surface area contributed by atoms with E-state index in [2.05, 4.69) is 19.9 Å². The van der Waals surface area contributed by atoms with Crippen LogP contribution >= 0.6 is 0 Å². The van der Waals surface area contributed by atoms with Crippen LogP contribution in [0.5, 0.6) is 0 Å². The predicted octanol–water partition coefficient (Wildman–Crippen LogP) is 1.94. The summed E-state index contributed by atoms with van der Waals surface area (Å²) in [6.07, 6.45) is 7.47. The van der Waals surface area contributed by atoms with Crippen LogP contribution in [-0.2, 0) is 0 Å². The Morgan fingerprint density at radius 2 is 2.06 bits per heavy atom. The third-order valence-corrected chi connectivity index (χ3v) is 2.18. The minimum absolute atomic E-state index is 0.581. The molecule has 0 aliphatic heterocycles. The van der Waals surface area contributed by atoms with Gasteiger partial charge in [0.25, 0.3) is 0 Å². The van der Waals surface area contributed by atoms with E-state index in [1.54, 1.807) is 30.9 Å². The molecule has 0 unspecified atom stereocenters. The maximum atomic E-state index is 5.68. The topological polar surface area (TPSA) is 77.0 Å². The molecule has 2 aromatic heterocycles. The molecule has 0 spiro atoms. The number of hydrogen-bond donors (Lipinski definition) is 1. The standard InChI is InChI=1S/C12H13N5/c1-2-11(13)17-10-6-9(7-14-8-10)12-15-4-3-5-16-12/h3-8H,2H2,1H3,(H2,13,17). The van der Waals surface area contributed by atoms with E-state index in [0.717, 1.165) is 5.56 Å². The second-order valence-corrected chi connectivity index (χ2v) is 3.46. The summed E-state index contributed by atoms with van der Waals surface area (Å²) in [7, 11) is 0. The highest BCUT2D eigenvalue weighted by atomic mass is 14.9. The highest BCUT2D eigenvalue weighted by Gasteiger charge is 2.01. The zero-order chi connectivity index (χ0) is 12.1. The number of hydrogen-bond acceptors (Lipinski definition) is 4. The van der Waals surface area contributed by atoms with Crippen molar-refractivity contribution in [3.8, 4) is 11.4 Å². The first-order chi connectivity index (χ1) is 8.29. The van der Waals surface area contributed by atoms with Crippen molar-refractivity contribution < 1.29 is 0 Å². The average Bonchev–Trinajstić information content (AvgIpc) is 2.40. The van der Waals surface area contributed by atoms with Gasteiger partial charge in [-0.2, -0.15) is 0 Å². The van der Waals surface area contributed by atoms with Gasteiger partial charge in [0, 0.05) is 30.6 Å². The average molecular weight is 227 g/mol. The summed E-state index contributed by atoms with van der Waals surface area (Å²) in [5, 5.41) is 0. The molecule has 0 aromatic carbocycles. The fraction of sp³-hybridized carbons (Fsp3) is 0.167. The van der Waals surface area contributed by atoms with Crippen molar-refractivity contribution in [3.05, 3.63) is 36.9 Å². The Morgan fingerprint density at radius 3 is 2.76 bits per heavy atom. The lowest BCUT2D eigenvalue weighted by molar-refractivity contribution is 1.16. The van der Waals surface area contributed by atoms with Gasteiger partial charge in [-0.1, -0.05) is 6.92 Å². The molecule has 2 aromatic rings. The number of rotatable bonds is 3. The van der Waals surface area contributed by atoms with Crippen LogP contribution in [0.4, 0.5) is 5.69 Å². The van der Waals surface area contributed by atoms with Crippen LogP contribution in [0.3, 0.4) is 0 Å². The molecule has 5 heteroatoms. The number of pyridine rings is 1. The van der Waals surface area contributed by atoms with Gasteiger partial charge in [0.15, 0.2) is 5.82 Å². The highest BCUT2D eigenvalue weighted by Crippen LogP contribution is 2.19. The quantitative estimate of drug-likeness (QED) is 0.642. The maximum absolute atomic E-state index is 5.68. The van der Waals surface area contributed by atoms with E-state index in [9.17, 15) is 0 Å². The summed E-state index contributed by atoms with van der Waals surface area (Å²) in [5.74, 6) is 1.21. The molecule has 0 atom stereocenters. The van der Waals surface area contributed by atoms with Gasteiger partial charge in [-0.25, -0.2) is 15.0 Å². The molecule has 2 rings (SSSR count). The first kappa shape index (κ1) is 11.2. The SMILES string of the molecule is CCC(N)=Nc1cncc(-c2ncccn2)c1. The number of amidine groups is 1. The zero-order valence-electron chi connectivity index (χ0n) is 9.54. The van der Waals surface area contributed by atoms with Crippen molar-refractivity contribution in [1.82, 2.24) is 15.0 Å². The van der Waals surface area contributed by atoms with Gasteiger partial charge in [0.05, 0.1) is 17.7 Å². The largest absolute Gasteiger partial charge is 0.387 e. The summed E-state index contributed by atoms with van der Waals surface area (Å²) < 4.78 is 0. The highest BCUT2D eigenvalue weighted by molar-refractivity contribution is 5.83. The smallest absolute Gasteiger partial charge is 0.160 e. The first-order valence-corrected chi connectivity index (χ1v) is 5.35. The summed E-state index contributed by atoms with van der Waals surface area (Å²) in [5.41, 5.74) is 7.23. The summed E-state index contributed by atoms with van der Waals surface area (Å²) in [6, 6.07) is 3.64. The van der Waals surface area contributed by atoms with Crippen molar-refractivity contribution >= 4 is 11.5 Å². The third kappa shape index (κ3) is 2.84. The number of nitrogens with two attached hydrogens (primary N) is 1. The Kier molecular flexibility index (Phi) is 3.40. The van der Waals surface area contributed by atoms with Crippen LogP contribution in [0.2, 0.25) is 0 Å². The Labute approximate surface area is 99.5 Å². The fourth-order valence-corrected chi connectivity index (χ4v) is 1.30. The molecular formula is C12H13N5. The second kappa shape index (κ2) is 5.16. The molecule has 2 N–H and O–H groups in total. The minimum atomic E-state index is 0.581. The number of nitrogens with zero attached hydrogens (tertiary/aromatic N) is 4. The van der Waals surface area contributed by atoms with Crippen molar-refractivity contribution in [2.24, 2.45) is 10.7 Å². The van der Waals surface area contributed by atoms with Gasteiger partial charge in [-0.15, -0.1) is 0 Å². The van der Waals surface area contributed by atoms with Gasteiger partial charge in [0.2, 0.25) is 0 Å². The second-order valence-electron chi connectivity index (χ2n) is 3.46. The van der Waals surface area contributed by atoms with Crippen LogP contribution in [0.15, 0.2) is 41.9 Å². The van der Waals surface area contributed by atoms with E-state index in [-0.39, 0.29) is 0 Å². The number of aliphatic imine (C=N–C) groups is 1. The first-order valence-electron chi connectivity index (χ1n) is 5.35. The molecule has 0 aliphatic carbocycles. The van der Waals surface area contributed by atoms with Crippen molar-refractivity contribution in [3.63, 3.8) is 0 Å². The van der Waals surface area contributed by atoms with Crippen LogP contribution < -0.4 is 5.73 Å². The Balaban J connectivity index is 2.36. The Bertz CT molecular complexity index is 521. The molecule has 2 heterocycles. The van der Waals surface area contributed by atoms with Crippen molar-refractivity contribution in [2.45, 2.75) is 13.3 Å². The molecule has 0 bridgehead atoms. The van der Waals surface area contributed by atoms with E-state index in [0.29, 0.717) is 23.8 Å². The van der Waals surface area contributed by atoms with E-state index in [4.69, 9.17) is 5.73 Å². The molecule has 17 heavy (non-hydrogen) atoms. The molecule has 0 aliphatic rings. The third-order valence-electron chi connectivity index (χ3n) is 2.18. The summed E-state index contributed by atoms with van der Waals surface area (Å²) in [6.45, 7) is 1.95. The normalized spacial score (nSPS) is 11.5. The lowest BCUT2D eigenvalue weighted by Gasteiger charge is -2.00. The monoisotopic (exact) mass is 227 g/mol. The summed E-state index contributed by atoms with van der Waals surface area (Å²) >= 11 is 0. The predicted molar refractivity (Wildman–Crippen MR) is 66.8 cm³/mol. The van der Waals surface area contributed by atoms with Gasteiger partial charge >= 0.3 is 0 Å². The van der Waals surface area contributed by atoms with Crippen LogP contribution in [-0.4, -0.2) is 20.8 Å². The van der Waals surface area contributed by atoms with Crippen LogP contribution in [0, 0.1) is 0 Å².